The van der Waals surface area contributed by atoms with Gasteiger partial charge < -0.3 is 0 Å². The number of hydrogen-bond donors (Lipinski definition) is 0. The third kappa shape index (κ3) is 2.82. The van der Waals surface area contributed by atoms with E-state index in [1.54, 1.807) is 41.1 Å². The summed E-state index contributed by atoms with van der Waals surface area (Å²) in [5.74, 6) is 0. The molecule has 0 saturated heterocycles. The molecule has 0 saturated carbocycles. The molecule has 3 nitrogen and oxygen atoms in total. The lowest BCUT2D eigenvalue weighted by Crippen LogP contribution is -2.00. The maximum Gasteiger partial charge on any atom is 0.163 e. The van der Waals surface area contributed by atoms with Gasteiger partial charge in [-0.2, -0.15) is 10.4 Å². The molecule has 0 amide bonds. The van der Waals surface area contributed by atoms with E-state index < -0.39 is 0 Å². The number of halogens is 3. The van der Waals surface area contributed by atoms with Crippen LogP contribution in [0.15, 0.2) is 48.5 Å². The Labute approximate surface area is 142 Å². The Kier molecular flexibility index (Phi) is 4.08. The highest BCUT2D eigenvalue weighted by Crippen LogP contribution is 2.30. The quantitative estimate of drug-likeness (QED) is 0.624. The zero-order valence-electron chi connectivity index (χ0n) is 11.1. The second kappa shape index (κ2) is 6.02. The van der Waals surface area contributed by atoms with Crippen LogP contribution in [0.5, 0.6) is 0 Å². The molecule has 108 valence electrons. The maximum absolute atomic E-state index is 9.13. The minimum Gasteiger partial charge on any atom is -0.230 e. The van der Waals surface area contributed by atoms with E-state index in [0.29, 0.717) is 26.4 Å². The molecule has 0 aliphatic carbocycles. The number of nitriles is 1. The molecule has 0 spiro atoms. The Morgan fingerprint density at radius 1 is 0.909 bits per heavy atom. The van der Waals surface area contributed by atoms with Crippen LogP contribution in [0.1, 0.15) is 5.69 Å². The number of aromatic nitrogens is 2. The van der Waals surface area contributed by atoms with E-state index in [9.17, 15) is 0 Å². The fourth-order valence-corrected chi connectivity index (χ4v) is 2.71. The molecule has 22 heavy (non-hydrogen) atoms. The van der Waals surface area contributed by atoms with Crippen molar-refractivity contribution in [2.75, 3.05) is 0 Å². The van der Waals surface area contributed by atoms with Crippen molar-refractivity contribution in [3.05, 3.63) is 69.3 Å². The van der Waals surface area contributed by atoms with Gasteiger partial charge in [-0.3, -0.25) is 0 Å². The van der Waals surface area contributed by atoms with E-state index >= 15 is 0 Å². The topological polar surface area (TPSA) is 41.6 Å². The summed E-state index contributed by atoms with van der Waals surface area (Å²) in [5, 5.41) is 15.0. The van der Waals surface area contributed by atoms with Gasteiger partial charge in [0.15, 0.2) is 5.69 Å². The molecule has 3 rings (SSSR count). The lowest BCUT2D eigenvalue weighted by atomic mass is 10.1. The minimum absolute atomic E-state index is 0.302. The van der Waals surface area contributed by atoms with Crippen molar-refractivity contribution in [2.45, 2.75) is 0 Å². The Hall–Kier alpha value is -1.99. The SMILES string of the molecule is N#Cc1cc(-c2ccc(Cl)cc2)n(-c2ccc(Cl)cc2Cl)n1. The van der Waals surface area contributed by atoms with Gasteiger partial charge in [0.05, 0.1) is 16.4 Å². The smallest absolute Gasteiger partial charge is 0.163 e. The first kappa shape index (κ1) is 14.9. The first-order valence-electron chi connectivity index (χ1n) is 6.30. The summed E-state index contributed by atoms with van der Waals surface area (Å²) in [6.45, 7) is 0. The van der Waals surface area contributed by atoms with Gasteiger partial charge in [-0.15, -0.1) is 0 Å². The average molecular weight is 349 g/mol. The van der Waals surface area contributed by atoms with Crippen LogP contribution in [0.25, 0.3) is 16.9 Å². The zero-order valence-corrected chi connectivity index (χ0v) is 13.4. The molecule has 6 heteroatoms. The molecule has 1 heterocycles. The van der Waals surface area contributed by atoms with Crippen LogP contribution >= 0.6 is 34.8 Å². The number of hydrogen-bond acceptors (Lipinski definition) is 2. The monoisotopic (exact) mass is 347 g/mol. The van der Waals surface area contributed by atoms with Crippen LogP contribution in [0.4, 0.5) is 0 Å². The Bertz CT molecular complexity index is 877. The van der Waals surface area contributed by atoms with E-state index in [1.807, 2.05) is 18.2 Å². The first-order valence-corrected chi connectivity index (χ1v) is 7.43. The molecule has 0 atom stereocenters. The van der Waals surface area contributed by atoms with Crippen molar-refractivity contribution in [1.29, 1.82) is 5.26 Å². The Morgan fingerprint density at radius 2 is 1.59 bits per heavy atom. The number of rotatable bonds is 2. The van der Waals surface area contributed by atoms with Crippen molar-refractivity contribution in [2.24, 2.45) is 0 Å². The van der Waals surface area contributed by atoms with Crippen molar-refractivity contribution in [3.8, 4) is 23.0 Å². The third-order valence-corrected chi connectivity index (χ3v) is 3.89. The molecule has 0 fully saturated rings. The van der Waals surface area contributed by atoms with E-state index in [0.717, 1.165) is 11.3 Å². The van der Waals surface area contributed by atoms with Crippen molar-refractivity contribution in [3.63, 3.8) is 0 Å². The Morgan fingerprint density at radius 3 is 2.23 bits per heavy atom. The van der Waals surface area contributed by atoms with Crippen LogP contribution in [0.2, 0.25) is 15.1 Å². The van der Waals surface area contributed by atoms with E-state index in [2.05, 4.69) is 5.10 Å². The summed E-state index contributed by atoms with van der Waals surface area (Å²) in [6, 6.07) is 16.2. The summed E-state index contributed by atoms with van der Waals surface area (Å²) in [5.41, 5.74) is 2.58. The van der Waals surface area contributed by atoms with E-state index in [-0.39, 0.29) is 0 Å². The van der Waals surface area contributed by atoms with Crippen LogP contribution in [0, 0.1) is 11.3 Å². The first-order chi connectivity index (χ1) is 10.6. The predicted molar refractivity (Wildman–Crippen MR) is 88.7 cm³/mol. The average Bonchev–Trinajstić information content (AvgIpc) is 2.92. The van der Waals surface area contributed by atoms with Crippen molar-refractivity contribution in [1.82, 2.24) is 9.78 Å². The molecule has 0 aliphatic rings. The summed E-state index contributed by atoms with van der Waals surface area (Å²) in [4.78, 5) is 0. The van der Waals surface area contributed by atoms with Crippen LogP contribution < -0.4 is 0 Å². The highest BCUT2D eigenvalue weighted by Gasteiger charge is 2.14. The summed E-state index contributed by atoms with van der Waals surface area (Å²) >= 11 is 18.1. The van der Waals surface area contributed by atoms with Crippen molar-refractivity contribution < 1.29 is 0 Å². The van der Waals surface area contributed by atoms with Crippen LogP contribution in [-0.2, 0) is 0 Å². The van der Waals surface area contributed by atoms with Gasteiger partial charge in [-0.05, 0) is 30.3 Å². The van der Waals surface area contributed by atoms with Gasteiger partial charge >= 0.3 is 0 Å². The largest absolute Gasteiger partial charge is 0.230 e. The van der Waals surface area contributed by atoms with E-state index in [1.165, 1.54) is 0 Å². The molecule has 0 N–H and O–H groups in total. The second-order valence-electron chi connectivity index (χ2n) is 4.54. The van der Waals surface area contributed by atoms with Gasteiger partial charge in [0.1, 0.15) is 6.07 Å². The summed E-state index contributed by atoms with van der Waals surface area (Å²) < 4.78 is 1.63. The van der Waals surface area contributed by atoms with Gasteiger partial charge in [0.2, 0.25) is 0 Å². The molecule has 3 aromatic rings. The van der Waals surface area contributed by atoms with Gasteiger partial charge in [0, 0.05) is 21.7 Å². The lowest BCUT2D eigenvalue weighted by molar-refractivity contribution is 0.880. The molecule has 0 aliphatic heterocycles. The summed E-state index contributed by atoms with van der Waals surface area (Å²) in [6.07, 6.45) is 0. The fourth-order valence-electron chi connectivity index (χ4n) is 2.10. The number of benzene rings is 2. The fraction of sp³-hybridized carbons (Fsp3) is 0. The molecule has 2 aromatic carbocycles. The minimum atomic E-state index is 0.302. The second-order valence-corrected chi connectivity index (χ2v) is 5.82. The standard InChI is InChI=1S/C16H8Cl3N3/c17-11-3-1-10(2-4-11)16-8-13(9-20)21-22(16)15-6-5-12(18)7-14(15)19/h1-8H. The normalized spacial score (nSPS) is 10.5. The maximum atomic E-state index is 9.13. The molecule has 0 bridgehead atoms. The molecular weight excluding hydrogens is 341 g/mol. The zero-order chi connectivity index (χ0) is 15.7. The molecule has 0 radical (unpaired) electrons. The summed E-state index contributed by atoms with van der Waals surface area (Å²) in [7, 11) is 0. The third-order valence-electron chi connectivity index (χ3n) is 3.10. The molecule has 1 aromatic heterocycles. The van der Waals surface area contributed by atoms with E-state index in [4.69, 9.17) is 40.1 Å². The number of nitrogens with zero attached hydrogens (tertiary/aromatic N) is 3. The molecule has 0 unspecified atom stereocenters. The van der Waals surface area contributed by atoms with Crippen molar-refractivity contribution >= 4 is 34.8 Å². The Balaban J connectivity index is 2.21. The molecular formula is C16H8Cl3N3. The van der Waals surface area contributed by atoms with Gasteiger partial charge in [-0.25, -0.2) is 4.68 Å². The van der Waals surface area contributed by atoms with Crippen LogP contribution in [0.3, 0.4) is 0 Å². The van der Waals surface area contributed by atoms with Gasteiger partial charge in [0.25, 0.3) is 0 Å². The highest BCUT2D eigenvalue weighted by atomic mass is 35.5. The predicted octanol–water partition coefficient (Wildman–Crippen LogP) is 5.37. The van der Waals surface area contributed by atoms with Crippen LogP contribution in [-0.4, -0.2) is 9.78 Å². The highest BCUT2D eigenvalue weighted by molar-refractivity contribution is 6.35. The van der Waals surface area contributed by atoms with Gasteiger partial charge in [-0.1, -0.05) is 46.9 Å². The lowest BCUT2D eigenvalue weighted by Gasteiger charge is -2.09.